The van der Waals surface area contributed by atoms with Crippen LogP contribution in [-0.2, 0) is 19.4 Å². The molecule has 0 amide bonds. The fourth-order valence-corrected chi connectivity index (χ4v) is 5.09. The molecule has 1 aliphatic heterocycles. The molecule has 2 aromatic carbocycles. The third-order valence-electron chi connectivity index (χ3n) is 6.66. The van der Waals surface area contributed by atoms with Crippen LogP contribution in [0, 0.1) is 0 Å². The first-order chi connectivity index (χ1) is 15.3. The second kappa shape index (κ2) is 7.72. The highest BCUT2D eigenvalue weighted by Gasteiger charge is 2.22. The van der Waals surface area contributed by atoms with E-state index in [9.17, 15) is 0 Å². The van der Waals surface area contributed by atoms with E-state index in [1.54, 1.807) is 0 Å². The van der Waals surface area contributed by atoms with E-state index >= 15 is 0 Å². The maximum atomic E-state index is 5.12. The number of fused-ring (bicyclic) bond motifs is 2. The van der Waals surface area contributed by atoms with E-state index in [4.69, 9.17) is 4.98 Å². The molecule has 1 N–H and O–H groups in total. The predicted molar refractivity (Wildman–Crippen MR) is 120 cm³/mol. The number of hydrogen-bond acceptors (Lipinski definition) is 5. The molecule has 2 aliphatic rings. The van der Waals surface area contributed by atoms with Crippen molar-refractivity contribution in [2.45, 2.75) is 57.5 Å². The van der Waals surface area contributed by atoms with Gasteiger partial charge in [-0.25, -0.2) is 10.1 Å². The lowest BCUT2D eigenvalue weighted by Gasteiger charge is -2.26. The maximum Gasteiger partial charge on any atom is 0.179 e. The van der Waals surface area contributed by atoms with Crippen LogP contribution in [0.15, 0.2) is 41.4 Å². The van der Waals surface area contributed by atoms with E-state index in [0.717, 1.165) is 36.3 Å². The lowest BCUT2D eigenvalue weighted by Crippen LogP contribution is -2.16. The number of rotatable bonds is 4. The summed E-state index contributed by atoms with van der Waals surface area (Å²) in [7, 11) is 0. The molecule has 1 fully saturated rings. The highest BCUT2D eigenvalue weighted by atomic mass is 15.5. The van der Waals surface area contributed by atoms with Gasteiger partial charge in [-0.05, 0) is 58.2 Å². The molecule has 7 nitrogen and oxygen atoms in total. The average Bonchev–Trinajstić information content (AvgIpc) is 3.47. The number of nitrogens with zero attached hydrogens (tertiary/aromatic N) is 6. The zero-order valence-corrected chi connectivity index (χ0v) is 17.5. The minimum Gasteiger partial charge on any atom is -0.325 e. The standard InChI is InChI=1S/C24H25N7/c1-2-4-20(5-3-1)31-22-9-8-18(24-27-29-30-28-24)14-21(22)26-23(31)13-16-6-7-19-15-25-11-10-17(19)12-16/h6-9,11-12,14,20H,1-5,10,13,15H2,(H,27,28,29,30). The van der Waals surface area contributed by atoms with Crippen LogP contribution in [0.1, 0.15) is 60.7 Å². The summed E-state index contributed by atoms with van der Waals surface area (Å²) >= 11 is 0. The first-order valence-corrected chi connectivity index (χ1v) is 11.2. The minimum atomic E-state index is 0.524. The number of tetrazole rings is 1. The van der Waals surface area contributed by atoms with Crippen LogP contribution in [0.3, 0.4) is 0 Å². The first kappa shape index (κ1) is 18.4. The maximum absolute atomic E-state index is 5.12. The van der Waals surface area contributed by atoms with Gasteiger partial charge >= 0.3 is 0 Å². The molecule has 7 heteroatoms. The smallest absolute Gasteiger partial charge is 0.179 e. The highest BCUT2D eigenvalue weighted by Crippen LogP contribution is 2.34. The Bertz CT molecular complexity index is 1250. The number of aliphatic imine (C=N–C) groups is 1. The van der Waals surface area contributed by atoms with Crippen molar-refractivity contribution in [3.05, 3.63) is 58.9 Å². The molecule has 0 atom stereocenters. The van der Waals surface area contributed by atoms with Gasteiger partial charge in [0.25, 0.3) is 0 Å². The summed E-state index contributed by atoms with van der Waals surface area (Å²) in [5.74, 6) is 1.83. The van der Waals surface area contributed by atoms with Gasteiger partial charge < -0.3 is 4.57 Å². The summed E-state index contributed by atoms with van der Waals surface area (Å²) in [6, 6.07) is 13.7. The second-order valence-corrected chi connectivity index (χ2v) is 8.65. The van der Waals surface area contributed by atoms with Gasteiger partial charge in [-0.3, -0.25) is 4.99 Å². The van der Waals surface area contributed by atoms with Gasteiger partial charge in [0, 0.05) is 30.7 Å². The van der Waals surface area contributed by atoms with E-state index in [2.05, 4.69) is 66.6 Å². The number of H-pyrrole nitrogens is 1. The Kier molecular flexibility index (Phi) is 4.59. The SMILES string of the molecule is C1=NCc2ccc(Cc3nc4cc(-c5nnn[nH]5)ccc4n3C3CCCCC3)cc2C1. The highest BCUT2D eigenvalue weighted by molar-refractivity contribution is 5.81. The molecule has 0 saturated heterocycles. The molecular formula is C24H25N7. The Morgan fingerprint density at radius 3 is 2.81 bits per heavy atom. The van der Waals surface area contributed by atoms with Crippen molar-refractivity contribution in [3.8, 4) is 11.4 Å². The van der Waals surface area contributed by atoms with Gasteiger partial charge in [-0.1, -0.05) is 37.5 Å². The molecule has 3 heterocycles. The number of nitrogens with one attached hydrogen (secondary N) is 1. The first-order valence-electron chi connectivity index (χ1n) is 11.2. The number of aromatic amines is 1. The Labute approximate surface area is 180 Å². The second-order valence-electron chi connectivity index (χ2n) is 8.65. The van der Waals surface area contributed by atoms with Crippen LogP contribution in [0.25, 0.3) is 22.4 Å². The summed E-state index contributed by atoms with van der Waals surface area (Å²) in [6.07, 6.45) is 10.2. The lowest BCUT2D eigenvalue weighted by atomic mass is 9.94. The van der Waals surface area contributed by atoms with Crippen LogP contribution < -0.4 is 0 Å². The fourth-order valence-electron chi connectivity index (χ4n) is 5.09. The van der Waals surface area contributed by atoms with E-state index in [-0.39, 0.29) is 0 Å². The molecule has 156 valence electrons. The number of imidazole rings is 1. The van der Waals surface area contributed by atoms with E-state index in [0.29, 0.717) is 11.9 Å². The van der Waals surface area contributed by atoms with E-state index in [1.165, 1.54) is 54.3 Å². The third-order valence-corrected chi connectivity index (χ3v) is 6.66. The van der Waals surface area contributed by atoms with Crippen LogP contribution in [-0.4, -0.2) is 36.4 Å². The summed E-state index contributed by atoms with van der Waals surface area (Å²) in [6.45, 7) is 0.801. The van der Waals surface area contributed by atoms with Crippen molar-refractivity contribution in [1.82, 2.24) is 30.2 Å². The third kappa shape index (κ3) is 3.44. The molecule has 0 radical (unpaired) electrons. The summed E-state index contributed by atoms with van der Waals surface area (Å²) in [5.41, 5.74) is 7.25. The van der Waals surface area contributed by atoms with Crippen molar-refractivity contribution >= 4 is 17.2 Å². The van der Waals surface area contributed by atoms with Crippen LogP contribution >= 0.6 is 0 Å². The molecule has 0 spiro atoms. The monoisotopic (exact) mass is 411 g/mol. The van der Waals surface area contributed by atoms with Gasteiger partial charge in [-0.15, -0.1) is 5.10 Å². The predicted octanol–water partition coefficient (Wildman–Crippen LogP) is 4.44. The Balaban J connectivity index is 1.42. The van der Waals surface area contributed by atoms with Crippen LogP contribution in [0.5, 0.6) is 0 Å². The normalized spacial score (nSPS) is 16.6. The molecule has 1 aliphatic carbocycles. The van der Waals surface area contributed by atoms with Gasteiger partial charge in [-0.2, -0.15) is 0 Å². The van der Waals surface area contributed by atoms with E-state index in [1.807, 2.05) is 6.21 Å². The molecule has 6 rings (SSSR count). The lowest BCUT2D eigenvalue weighted by molar-refractivity contribution is 0.353. The molecule has 0 bridgehead atoms. The molecule has 4 aromatic rings. The van der Waals surface area contributed by atoms with Gasteiger partial charge in [0.1, 0.15) is 5.82 Å². The Morgan fingerprint density at radius 1 is 1.00 bits per heavy atom. The number of aromatic nitrogens is 6. The van der Waals surface area contributed by atoms with Crippen molar-refractivity contribution < 1.29 is 0 Å². The van der Waals surface area contributed by atoms with Crippen molar-refractivity contribution in [1.29, 1.82) is 0 Å². The fraction of sp³-hybridized carbons (Fsp3) is 0.375. The molecular weight excluding hydrogens is 386 g/mol. The molecule has 0 unspecified atom stereocenters. The topological polar surface area (TPSA) is 84.6 Å². The summed E-state index contributed by atoms with van der Waals surface area (Å²) < 4.78 is 2.51. The van der Waals surface area contributed by atoms with Gasteiger partial charge in [0.05, 0.1) is 17.6 Å². The van der Waals surface area contributed by atoms with Crippen molar-refractivity contribution in [2.24, 2.45) is 4.99 Å². The molecule has 31 heavy (non-hydrogen) atoms. The average molecular weight is 412 g/mol. The Morgan fingerprint density at radius 2 is 1.94 bits per heavy atom. The van der Waals surface area contributed by atoms with Crippen LogP contribution in [0.4, 0.5) is 0 Å². The minimum absolute atomic E-state index is 0.524. The van der Waals surface area contributed by atoms with Crippen molar-refractivity contribution in [3.63, 3.8) is 0 Å². The van der Waals surface area contributed by atoms with Crippen molar-refractivity contribution in [2.75, 3.05) is 0 Å². The quantitative estimate of drug-likeness (QED) is 0.538. The zero-order valence-electron chi connectivity index (χ0n) is 17.5. The van der Waals surface area contributed by atoms with Gasteiger partial charge in [0.15, 0.2) is 5.82 Å². The number of benzene rings is 2. The zero-order chi connectivity index (χ0) is 20.6. The van der Waals surface area contributed by atoms with Crippen LogP contribution in [0.2, 0.25) is 0 Å². The largest absolute Gasteiger partial charge is 0.325 e. The Hall–Kier alpha value is -3.35. The molecule has 2 aromatic heterocycles. The molecule has 1 saturated carbocycles. The summed E-state index contributed by atoms with van der Waals surface area (Å²) in [5, 5.41) is 14.3. The number of hydrogen-bond donors (Lipinski definition) is 1. The van der Waals surface area contributed by atoms with E-state index < -0.39 is 0 Å². The van der Waals surface area contributed by atoms with Gasteiger partial charge in [0.2, 0.25) is 0 Å². The summed E-state index contributed by atoms with van der Waals surface area (Å²) in [4.78, 5) is 9.53.